The zero-order valence-electron chi connectivity index (χ0n) is 28.4. The number of benzene rings is 4. The second-order valence-electron chi connectivity index (χ2n) is 12.6. The number of carbonyl (C=O) groups excluding carboxylic acids is 2. The van der Waals surface area contributed by atoms with Gasteiger partial charge in [0.25, 0.3) is 10.0 Å². The maximum Gasteiger partial charge on any atom is 0.264 e. The van der Waals surface area contributed by atoms with Gasteiger partial charge in [-0.05, 0) is 75.2 Å². The van der Waals surface area contributed by atoms with Gasteiger partial charge in [0.05, 0.1) is 24.8 Å². The van der Waals surface area contributed by atoms with Gasteiger partial charge in [0.15, 0.2) is 0 Å². The van der Waals surface area contributed by atoms with E-state index in [1.807, 2.05) is 58.0 Å². The van der Waals surface area contributed by atoms with Gasteiger partial charge < -0.3 is 19.7 Å². The number of ether oxygens (including phenoxy) is 2. The van der Waals surface area contributed by atoms with Crippen molar-refractivity contribution < 1.29 is 27.5 Å². The molecule has 0 radical (unpaired) electrons. The molecule has 260 valence electrons. The van der Waals surface area contributed by atoms with Gasteiger partial charge in [0.2, 0.25) is 11.8 Å². The van der Waals surface area contributed by atoms with Gasteiger partial charge in [-0.3, -0.25) is 13.9 Å². The third-order valence-electron chi connectivity index (χ3n) is 7.67. The monoisotopic (exact) mass is 725 g/mol. The molecule has 0 heterocycles. The molecule has 4 aromatic rings. The van der Waals surface area contributed by atoms with Crippen LogP contribution in [-0.4, -0.2) is 57.5 Å². The number of aryl methyl sites for hydroxylation is 1. The van der Waals surface area contributed by atoms with Crippen LogP contribution in [0.4, 0.5) is 5.69 Å². The summed E-state index contributed by atoms with van der Waals surface area (Å²) in [5.74, 6) is -0.523. The molecule has 1 N–H and O–H groups in total. The van der Waals surface area contributed by atoms with E-state index in [1.54, 1.807) is 42.5 Å². The lowest BCUT2D eigenvalue weighted by molar-refractivity contribution is -0.140. The second-order valence-corrected chi connectivity index (χ2v) is 15.3. The van der Waals surface area contributed by atoms with E-state index >= 15 is 0 Å². The summed E-state index contributed by atoms with van der Waals surface area (Å²) >= 11 is 12.8. The average Bonchev–Trinajstić information content (AvgIpc) is 3.05. The van der Waals surface area contributed by atoms with Crippen LogP contribution in [0.2, 0.25) is 10.0 Å². The molecule has 12 heteroatoms. The molecule has 0 fully saturated rings. The minimum Gasteiger partial charge on any atom is -0.497 e. The quantitative estimate of drug-likeness (QED) is 0.158. The molecular weight excluding hydrogens is 685 g/mol. The molecule has 0 spiro atoms. The van der Waals surface area contributed by atoms with Gasteiger partial charge >= 0.3 is 0 Å². The van der Waals surface area contributed by atoms with E-state index in [-0.39, 0.29) is 29.3 Å². The van der Waals surface area contributed by atoms with E-state index in [0.717, 1.165) is 15.4 Å². The minimum absolute atomic E-state index is 0.0330. The zero-order chi connectivity index (χ0) is 35.9. The van der Waals surface area contributed by atoms with E-state index in [9.17, 15) is 18.0 Å². The first-order valence-electron chi connectivity index (χ1n) is 15.5. The molecular formula is C37H41Cl2N3O6S. The summed E-state index contributed by atoms with van der Waals surface area (Å²) < 4.78 is 40.9. The number of halogens is 2. The Morgan fingerprint density at radius 3 is 2.14 bits per heavy atom. The van der Waals surface area contributed by atoms with Gasteiger partial charge in [-0.1, -0.05) is 77.3 Å². The SMILES string of the molecule is COc1ccc(OC)c(N(CC(=O)N(Cc2ccc(Cl)cc2Cl)C(Cc2ccccc2)C(=O)NC(C)(C)C)S(=O)(=O)c2ccc(C)cc2)c1. The molecule has 4 aromatic carbocycles. The van der Waals surface area contributed by atoms with Crippen LogP contribution in [0, 0.1) is 6.92 Å². The van der Waals surface area contributed by atoms with Gasteiger partial charge in [0.1, 0.15) is 24.1 Å². The van der Waals surface area contributed by atoms with Crippen LogP contribution < -0.4 is 19.1 Å². The van der Waals surface area contributed by atoms with Crippen LogP contribution in [0.25, 0.3) is 0 Å². The molecule has 0 aliphatic rings. The zero-order valence-corrected chi connectivity index (χ0v) is 30.7. The highest BCUT2D eigenvalue weighted by Gasteiger charge is 2.37. The topological polar surface area (TPSA) is 105 Å². The molecule has 2 amide bonds. The summed E-state index contributed by atoms with van der Waals surface area (Å²) in [5.41, 5.74) is 1.63. The van der Waals surface area contributed by atoms with Crippen molar-refractivity contribution in [2.45, 2.75) is 57.1 Å². The third-order valence-corrected chi connectivity index (χ3v) is 10.0. The summed E-state index contributed by atoms with van der Waals surface area (Å²) in [5, 5.41) is 3.70. The Bertz CT molecular complexity index is 1880. The van der Waals surface area contributed by atoms with Crippen molar-refractivity contribution >= 4 is 50.7 Å². The van der Waals surface area contributed by atoms with Crippen LogP contribution >= 0.6 is 23.2 Å². The maximum atomic E-state index is 14.8. The number of nitrogens with one attached hydrogen (secondary N) is 1. The van der Waals surface area contributed by atoms with Crippen molar-refractivity contribution in [3.05, 3.63) is 118 Å². The maximum absolute atomic E-state index is 14.8. The van der Waals surface area contributed by atoms with Crippen molar-refractivity contribution in [3.8, 4) is 11.5 Å². The number of methoxy groups -OCH3 is 2. The summed E-state index contributed by atoms with van der Waals surface area (Å²) in [7, 11) is -1.51. The number of anilines is 1. The molecule has 0 bridgehead atoms. The van der Waals surface area contributed by atoms with Crippen LogP contribution in [0.3, 0.4) is 0 Å². The molecule has 49 heavy (non-hydrogen) atoms. The lowest BCUT2D eigenvalue weighted by atomic mass is 10.0. The number of carbonyl (C=O) groups is 2. The molecule has 4 rings (SSSR count). The summed E-state index contributed by atoms with van der Waals surface area (Å²) in [6.07, 6.45) is 0.146. The lowest BCUT2D eigenvalue weighted by Gasteiger charge is -2.35. The highest BCUT2D eigenvalue weighted by atomic mass is 35.5. The van der Waals surface area contributed by atoms with Crippen molar-refractivity contribution in [1.29, 1.82) is 0 Å². The van der Waals surface area contributed by atoms with Crippen molar-refractivity contribution in [2.24, 2.45) is 0 Å². The molecule has 0 saturated carbocycles. The number of hydrogen-bond donors (Lipinski definition) is 1. The van der Waals surface area contributed by atoms with Crippen LogP contribution in [0.5, 0.6) is 11.5 Å². The minimum atomic E-state index is -4.37. The largest absolute Gasteiger partial charge is 0.497 e. The number of rotatable bonds is 13. The first kappa shape index (κ1) is 37.6. The predicted octanol–water partition coefficient (Wildman–Crippen LogP) is 7.07. The van der Waals surface area contributed by atoms with E-state index in [2.05, 4.69) is 5.32 Å². The van der Waals surface area contributed by atoms with Crippen molar-refractivity contribution in [2.75, 3.05) is 25.1 Å². The molecule has 1 atom stereocenters. The molecule has 0 aromatic heterocycles. The number of sulfonamides is 1. The highest BCUT2D eigenvalue weighted by Crippen LogP contribution is 2.36. The smallest absolute Gasteiger partial charge is 0.264 e. The van der Waals surface area contributed by atoms with Crippen LogP contribution in [-0.2, 0) is 32.6 Å². The van der Waals surface area contributed by atoms with Gasteiger partial charge in [-0.2, -0.15) is 0 Å². The summed E-state index contributed by atoms with van der Waals surface area (Å²) in [6.45, 7) is 6.58. The third kappa shape index (κ3) is 9.68. The fourth-order valence-corrected chi connectivity index (χ4v) is 7.07. The molecule has 9 nitrogen and oxygen atoms in total. The second kappa shape index (κ2) is 16.0. The normalized spacial score (nSPS) is 12.2. The Hall–Kier alpha value is -4.25. The standard InChI is InChI=1S/C37H41Cl2N3O6S/c1-25-12-17-30(18-13-25)49(45,46)42(32-22-29(47-5)16-19-34(32)48-6)24-35(43)41(23-27-14-15-28(38)21-31(27)39)33(36(44)40-37(2,3)4)20-26-10-8-7-9-11-26/h7-19,21-22,33H,20,23-24H2,1-6H3,(H,40,44). The van der Waals surface area contributed by atoms with Gasteiger partial charge in [-0.15, -0.1) is 0 Å². The number of hydrogen-bond acceptors (Lipinski definition) is 6. The van der Waals surface area contributed by atoms with E-state index < -0.39 is 40.0 Å². The van der Waals surface area contributed by atoms with Crippen molar-refractivity contribution in [1.82, 2.24) is 10.2 Å². The Labute approximate surface area is 298 Å². The number of amides is 2. The average molecular weight is 727 g/mol. The van der Waals surface area contributed by atoms with E-state index in [0.29, 0.717) is 21.4 Å². The fourth-order valence-electron chi connectivity index (χ4n) is 5.18. The van der Waals surface area contributed by atoms with Crippen LogP contribution in [0.15, 0.2) is 95.9 Å². The molecule has 0 saturated heterocycles. The molecule has 1 unspecified atom stereocenters. The van der Waals surface area contributed by atoms with Crippen molar-refractivity contribution in [3.63, 3.8) is 0 Å². The Morgan fingerprint density at radius 1 is 0.878 bits per heavy atom. The van der Waals surface area contributed by atoms with Gasteiger partial charge in [-0.25, -0.2) is 8.42 Å². The first-order valence-corrected chi connectivity index (χ1v) is 17.7. The van der Waals surface area contributed by atoms with Crippen LogP contribution in [0.1, 0.15) is 37.5 Å². The van der Waals surface area contributed by atoms with Gasteiger partial charge in [0, 0.05) is 34.6 Å². The summed E-state index contributed by atoms with van der Waals surface area (Å²) in [4.78, 5) is 30.2. The number of nitrogens with zero attached hydrogens (tertiary/aromatic N) is 2. The summed E-state index contributed by atoms with van der Waals surface area (Å²) in [6, 6.07) is 24.1. The Kier molecular flexibility index (Phi) is 12.2. The molecule has 0 aliphatic heterocycles. The lowest BCUT2D eigenvalue weighted by Crippen LogP contribution is -2.56. The molecule has 0 aliphatic carbocycles. The highest BCUT2D eigenvalue weighted by molar-refractivity contribution is 7.92. The Morgan fingerprint density at radius 2 is 1.55 bits per heavy atom. The Balaban J connectivity index is 1.90. The fraction of sp³-hybridized carbons (Fsp3) is 0.297. The van der Waals surface area contributed by atoms with E-state index in [4.69, 9.17) is 32.7 Å². The predicted molar refractivity (Wildman–Crippen MR) is 194 cm³/mol. The van der Waals surface area contributed by atoms with E-state index in [1.165, 1.54) is 37.3 Å². The first-order chi connectivity index (χ1) is 23.1.